The van der Waals surface area contributed by atoms with Crippen LogP contribution in [0.1, 0.15) is 290 Å². The zero-order chi connectivity index (χ0) is 52.0. The van der Waals surface area contributed by atoms with E-state index in [2.05, 4.69) is 67.8 Å². The molecule has 0 aromatic heterocycles. The van der Waals surface area contributed by atoms with Crippen LogP contribution in [0.4, 0.5) is 0 Å². The molecule has 0 aromatic rings. The summed E-state index contributed by atoms with van der Waals surface area (Å²) in [5.74, 6) is -0.163. The fraction of sp³-hybridized carbons (Fsp3) is 0.855. The molecular weight excluding hydrogens is 900 g/mol. The maximum Gasteiger partial charge on any atom is 0.268 e. The Bertz CT molecular complexity index is 1290. The Morgan fingerprint density at radius 1 is 0.507 bits per heavy atom. The molecule has 71 heavy (non-hydrogen) atoms. The molecule has 9 heteroatoms. The van der Waals surface area contributed by atoms with Gasteiger partial charge in [-0.1, -0.05) is 281 Å². The number of nitrogens with zero attached hydrogens (tertiary/aromatic N) is 1. The van der Waals surface area contributed by atoms with Crippen LogP contribution >= 0.6 is 7.82 Å². The number of allylic oxidation sites excluding steroid dienone is 8. The van der Waals surface area contributed by atoms with Crippen molar-refractivity contribution < 1.29 is 32.9 Å². The molecule has 0 spiro atoms. The number of aliphatic hydroxyl groups is 1. The Balaban J connectivity index is 4.12. The monoisotopic (exact) mass is 1020 g/mol. The van der Waals surface area contributed by atoms with Crippen molar-refractivity contribution in [1.82, 2.24) is 5.32 Å². The Morgan fingerprint density at radius 3 is 1.25 bits per heavy atom. The zero-order valence-corrected chi connectivity index (χ0v) is 48.6. The third-order valence-electron chi connectivity index (χ3n) is 13.8. The van der Waals surface area contributed by atoms with Crippen LogP contribution in [-0.2, 0) is 18.4 Å². The number of hydrogen-bond donors (Lipinski definition) is 2. The van der Waals surface area contributed by atoms with Crippen molar-refractivity contribution in [3.8, 4) is 0 Å². The van der Waals surface area contributed by atoms with Crippen LogP contribution in [0.2, 0.25) is 0 Å². The van der Waals surface area contributed by atoms with E-state index >= 15 is 0 Å². The fourth-order valence-corrected chi connectivity index (χ4v) is 9.82. The van der Waals surface area contributed by atoms with E-state index in [1.807, 2.05) is 21.1 Å². The lowest BCUT2D eigenvalue weighted by molar-refractivity contribution is -0.870. The minimum absolute atomic E-state index is 0.0122. The van der Waals surface area contributed by atoms with E-state index in [4.69, 9.17) is 9.05 Å². The molecule has 0 aliphatic rings. The van der Waals surface area contributed by atoms with E-state index in [0.717, 1.165) is 64.2 Å². The molecular formula is C62H119N2O6P. The van der Waals surface area contributed by atoms with Gasteiger partial charge in [0.1, 0.15) is 13.2 Å². The van der Waals surface area contributed by atoms with Crippen LogP contribution in [0, 0.1) is 0 Å². The maximum atomic E-state index is 13.0. The van der Waals surface area contributed by atoms with Gasteiger partial charge in [-0.25, -0.2) is 0 Å². The number of aliphatic hydroxyl groups excluding tert-OH is 1. The number of quaternary nitrogens is 1. The van der Waals surface area contributed by atoms with E-state index in [1.54, 1.807) is 0 Å². The van der Waals surface area contributed by atoms with Crippen LogP contribution in [0.5, 0.6) is 0 Å². The second-order valence-electron chi connectivity index (χ2n) is 22.0. The normalized spacial score (nSPS) is 14.2. The van der Waals surface area contributed by atoms with Gasteiger partial charge in [-0.15, -0.1) is 0 Å². The fourth-order valence-electron chi connectivity index (χ4n) is 9.09. The molecule has 3 atom stereocenters. The summed E-state index contributed by atoms with van der Waals surface area (Å²) in [5, 5.41) is 14.1. The Kier molecular flexibility index (Phi) is 52.1. The van der Waals surface area contributed by atoms with Crippen LogP contribution in [0.15, 0.2) is 48.6 Å². The number of rotatable bonds is 56. The highest BCUT2D eigenvalue weighted by Gasteiger charge is 2.24. The first kappa shape index (κ1) is 69.5. The van der Waals surface area contributed by atoms with Gasteiger partial charge in [0, 0.05) is 6.42 Å². The van der Waals surface area contributed by atoms with Gasteiger partial charge in [0.25, 0.3) is 7.82 Å². The minimum Gasteiger partial charge on any atom is -0.756 e. The smallest absolute Gasteiger partial charge is 0.268 e. The summed E-state index contributed by atoms with van der Waals surface area (Å²) >= 11 is 0. The second kappa shape index (κ2) is 53.3. The standard InChI is InChI=1S/C62H119N2O6P/c1-6-8-10-12-14-16-18-20-22-24-26-28-30-31-32-33-34-36-38-40-42-44-46-48-50-52-54-56-62(66)63-60(59-70-71(67,68)69-58-57-64(3,4)5)61(65)55-53-51-49-47-45-43-41-39-37-35-29-27-25-23-21-19-17-15-13-11-9-7-2/h8,10,14,16,20,22,26,28,60-61,65H,6-7,9,11-13,15,17-19,21,23-25,27,29-59H2,1-5H3,(H-,63,66,67,68)/b10-8-,16-14-,22-20-,28-26-. The molecule has 0 radical (unpaired) electrons. The molecule has 418 valence electrons. The molecule has 0 aromatic carbocycles. The lowest BCUT2D eigenvalue weighted by Gasteiger charge is -2.30. The van der Waals surface area contributed by atoms with Crippen LogP contribution < -0.4 is 10.2 Å². The number of hydrogen-bond acceptors (Lipinski definition) is 6. The van der Waals surface area contributed by atoms with Crippen molar-refractivity contribution in [2.24, 2.45) is 0 Å². The van der Waals surface area contributed by atoms with Crippen molar-refractivity contribution in [3.63, 3.8) is 0 Å². The van der Waals surface area contributed by atoms with Gasteiger partial charge >= 0.3 is 0 Å². The molecule has 0 saturated carbocycles. The molecule has 0 aliphatic carbocycles. The highest BCUT2D eigenvalue weighted by molar-refractivity contribution is 7.45. The van der Waals surface area contributed by atoms with Crippen molar-refractivity contribution in [3.05, 3.63) is 48.6 Å². The van der Waals surface area contributed by atoms with Crippen LogP contribution in [0.3, 0.4) is 0 Å². The quantitative estimate of drug-likeness (QED) is 0.0272. The van der Waals surface area contributed by atoms with Gasteiger partial charge < -0.3 is 28.8 Å². The number of carbonyl (C=O) groups is 1. The average molecular weight is 1020 g/mol. The largest absolute Gasteiger partial charge is 0.756 e. The summed E-state index contributed by atoms with van der Waals surface area (Å²) in [6, 6.07) is -0.803. The van der Waals surface area contributed by atoms with Gasteiger partial charge in [-0.2, -0.15) is 0 Å². The van der Waals surface area contributed by atoms with Crippen LogP contribution in [-0.4, -0.2) is 68.5 Å². The summed E-state index contributed by atoms with van der Waals surface area (Å²) in [6.45, 7) is 4.65. The molecule has 0 rings (SSSR count). The van der Waals surface area contributed by atoms with E-state index in [9.17, 15) is 19.4 Å². The lowest BCUT2D eigenvalue weighted by atomic mass is 10.0. The predicted molar refractivity (Wildman–Crippen MR) is 307 cm³/mol. The van der Waals surface area contributed by atoms with Gasteiger partial charge in [-0.3, -0.25) is 9.36 Å². The molecule has 3 unspecified atom stereocenters. The first-order valence-electron chi connectivity index (χ1n) is 30.5. The molecule has 0 bridgehead atoms. The number of nitrogens with one attached hydrogen (secondary N) is 1. The Labute approximate surface area is 441 Å². The van der Waals surface area contributed by atoms with Crippen molar-refractivity contribution >= 4 is 13.7 Å². The Morgan fingerprint density at radius 2 is 0.859 bits per heavy atom. The maximum absolute atomic E-state index is 13.0. The minimum atomic E-state index is -4.58. The molecule has 0 fully saturated rings. The van der Waals surface area contributed by atoms with E-state index in [1.165, 1.54) is 199 Å². The highest BCUT2D eigenvalue weighted by Crippen LogP contribution is 2.38. The second-order valence-corrected chi connectivity index (χ2v) is 23.4. The van der Waals surface area contributed by atoms with Crippen molar-refractivity contribution in [2.45, 2.75) is 302 Å². The predicted octanol–water partition coefficient (Wildman–Crippen LogP) is 18.1. The number of likely N-dealkylation sites (N-methyl/N-ethyl adjacent to an activating group) is 1. The average Bonchev–Trinajstić information content (AvgIpc) is 3.33. The highest BCUT2D eigenvalue weighted by atomic mass is 31.2. The third kappa shape index (κ3) is 56.0. The number of phosphoric acid groups is 1. The third-order valence-corrected chi connectivity index (χ3v) is 14.8. The van der Waals surface area contributed by atoms with Crippen molar-refractivity contribution in [1.29, 1.82) is 0 Å². The van der Waals surface area contributed by atoms with E-state index < -0.39 is 20.0 Å². The summed E-state index contributed by atoms with van der Waals surface area (Å²) in [5.41, 5.74) is 0. The first-order valence-corrected chi connectivity index (χ1v) is 31.9. The van der Waals surface area contributed by atoms with Gasteiger partial charge in [0.15, 0.2) is 0 Å². The van der Waals surface area contributed by atoms with E-state index in [-0.39, 0.29) is 19.1 Å². The molecule has 1 amide bonds. The SMILES string of the molecule is CC/C=C\C/C=C\C/C=C\C/C=C\CCCCCCCCCCCCCCCCC(=O)NC(COP(=O)([O-])OCC[N+](C)(C)C)C(O)CCCCCCCCCCCCCCCCCCCCCCCC. The molecule has 0 aliphatic heterocycles. The van der Waals surface area contributed by atoms with Crippen LogP contribution in [0.25, 0.3) is 0 Å². The number of carbonyl (C=O) groups excluding carboxylic acids is 1. The van der Waals surface area contributed by atoms with Gasteiger partial charge in [-0.05, 0) is 51.4 Å². The Hall–Kier alpha value is -1.54. The summed E-state index contributed by atoms with van der Waals surface area (Å²) in [4.78, 5) is 25.6. The first-order chi connectivity index (χ1) is 34.5. The lowest BCUT2D eigenvalue weighted by Crippen LogP contribution is -2.46. The summed E-state index contributed by atoms with van der Waals surface area (Å²) in [6.07, 6.45) is 70.0. The summed E-state index contributed by atoms with van der Waals surface area (Å²) < 4.78 is 23.5. The van der Waals surface area contributed by atoms with Gasteiger partial charge in [0.2, 0.25) is 5.91 Å². The number of unbranched alkanes of at least 4 members (excludes halogenated alkanes) is 35. The molecule has 2 N–H and O–H groups in total. The number of phosphoric ester groups is 1. The molecule has 0 heterocycles. The van der Waals surface area contributed by atoms with Crippen molar-refractivity contribution in [2.75, 3.05) is 40.9 Å². The topological polar surface area (TPSA) is 108 Å². The zero-order valence-electron chi connectivity index (χ0n) is 47.7. The number of amides is 1. The summed E-state index contributed by atoms with van der Waals surface area (Å²) in [7, 11) is 1.31. The van der Waals surface area contributed by atoms with E-state index in [0.29, 0.717) is 23.9 Å². The van der Waals surface area contributed by atoms with Gasteiger partial charge in [0.05, 0.1) is 39.9 Å². The molecule has 8 nitrogen and oxygen atoms in total. The molecule has 0 saturated heterocycles.